The second-order valence-corrected chi connectivity index (χ2v) is 14.1. The summed E-state index contributed by atoms with van der Waals surface area (Å²) in [6, 6.07) is 15.1. The van der Waals surface area contributed by atoms with Crippen LogP contribution in [0.4, 0.5) is 0 Å². The van der Waals surface area contributed by atoms with Gasteiger partial charge in [0, 0.05) is 12.1 Å². The third kappa shape index (κ3) is 13.6. The highest BCUT2D eigenvalue weighted by atomic mass is 31.2. The summed E-state index contributed by atoms with van der Waals surface area (Å²) in [7, 11) is -1.36. The first-order valence-corrected chi connectivity index (χ1v) is 15.7. The molecule has 0 amide bonds. The Balaban J connectivity index is 0.00000206. The number of carbonyl (C=O) groups is 2. The van der Waals surface area contributed by atoms with Crippen molar-refractivity contribution in [2.24, 2.45) is 10.8 Å². The van der Waals surface area contributed by atoms with Gasteiger partial charge in [0.15, 0.2) is 0 Å². The molecule has 7 nitrogen and oxygen atoms in total. The Bertz CT molecular complexity index is 1020. The van der Waals surface area contributed by atoms with E-state index in [1.165, 1.54) is 0 Å². The zero-order valence-electron chi connectivity index (χ0n) is 27.5. The second kappa shape index (κ2) is 17.5. The summed E-state index contributed by atoms with van der Waals surface area (Å²) in [6.07, 6.45) is 2.96. The van der Waals surface area contributed by atoms with Gasteiger partial charge in [0.2, 0.25) is 0 Å². The molecule has 0 saturated carbocycles. The number of allylic oxidation sites excluding steroid dienone is 1. The topological polar surface area (TPSA) is 74.3 Å². The molecule has 0 heterocycles. The Morgan fingerprint density at radius 2 is 1.05 bits per heavy atom. The first-order valence-electron chi connectivity index (χ1n) is 14.6. The first-order chi connectivity index (χ1) is 19.5. The van der Waals surface area contributed by atoms with Crippen LogP contribution in [0, 0.1) is 10.8 Å². The van der Waals surface area contributed by atoms with Crippen molar-refractivity contribution in [1.29, 1.82) is 0 Å². The highest BCUT2D eigenvalue weighted by Crippen LogP contribution is 2.47. The van der Waals surface area contributed by atoms with Crippen molar-refractivity contribution in [3.05, 3.63) is 72.3 Å². The standard InChI is InChI=1S/C30H44NO6P.C4H8/c1-21(2)31(22(3)4)38(34-19-23-11-15-25(16-12-23)36-27(32)29(5,6)7)35-20-24-13-17-26(18-14-24)37-28(33)30(8,9)10;1-3-4-2/h11-18,21-22H,19-20H2,1-10H3;3H,1,4H2,2H3. The molecule has 2 rings (SSSR count). The van der Waals surface area contributed by atoms with Gasteiger partial charge in [-0.3, -0.25) is 9.59 Å². The first kappa shape index (κ1) is 37.5. The molecule has 0 fully saturated rings. The van der Waals surface area contributed by atoms with Gasteiger partial charge >= 0.3 is 11.9 Å². The number of benzene rings is 2. The van der Waals surface area contributed by atoms with Gasteiger partial charge in [-0.1, -0.05) is 37.3 Å². The van der Waals surface area contributed by atoms with Crippen LogP contribution in [0.5, 0.6) is 11.5 Å². The molecule has 0 aliphatic rings. The van der Waals surface area contributed by atoms with E-state index in [1.54, 1.807) is 24.3 Å². The van der Waals surface area contributed by atoms with E-state index in [-0.39, 0.29) is 24.0 Å². The zero-order valence-corrected chi connectivity index (χ0v) is 28.4. The van der Waals surface area contributed by atoms with E-state index in [4.69, 9.17) is 18.5 Å². The van der Waals surface area contributed by atoms with Crippen LogP contribution in [-0.2, 0) is 31.9 Å². The third-order valence-corrected chi connectivity index (χ3v) is 7.71. The van der Waals surface area contributed by atoms with E-state index < -0.39 is 19.4 Å². The molecule has 0 aromatic heterocycles. The molecule has 0 bridgehead atoms. The quantitative estimate of drug-likeness (QED) is 0.104. The molecule has 8 heteroatoms. The minimum Gasteiger partial charge on any atom is -0.426 e. The zero-order chi connectivity index (χ0) is 32.1. The van der Waals surface area contributed by atoms with Gasteiger partial charge in [-0.15, -0.1) is 6.58 Å². The van der Waals surface area contributed by atoms with Crippen LogP contribution < -0.4 is 9.47 Å². The van der Waals surface area contributed by atoms with Crippen LogP contribution in [0.15, 0.2) is 61.2 Å². The van der Waals surface area contributed by atoms with Crippen LogP contribution in [0.1, 0.15) is 93.7 Å². The van der Waals surface area contributed by atoms with Crippen molar-refractivity contribution in [1.82, 2.24) is 4.67 Å². The van der Waals surface area contributed by atoms with Gasteiger partial charge in [-0.05, 0) is 111 Å². The number of hydrogen-bond donors (Lipinski definition) is 0. The SMILES string of the molecule is C=CCC.CC(C)N(C(C)C)P(OCc1ccc(OC(=O)C(C)(C)C)cc1)OCc1ccc(OC(=O)C(C)(C)C)cc1. The average Bonchev–Trinajstić information content (AvgIpc) is 2.90. The van der Waals surface area contributed by atoms with Crippen LogP contribution in [0.3, 0.4) is 0 Å². The van der Waals surface area contributed by atoms with E-state index in [2.05, 4.69) is 45.9 Å². The molecule has 0 spiro atoms. The van der Waals surface area contributed by atoms with Crippen LogP contribution >= 0.6 is 8.53 Å². The maximum absolute atomic E-state index is 12.1. The lowest BCUT2D eigenvalue weighted by atomic mass is 9.97. The Hall–Kier alpha value is -2.57. The summed E-state index contributed by atoms with van der Waals surface area (Å²) in [6.45, 7) is 25.7. The number of esters is 2. The highest BCUT2D eigenvalue weighted by Gasteiger charge is 2.28. The van der Waals surface area contributed by atoms with Crippen molar-refractivity contribution in [2.45, 2.75) is 108 Å². The van der Waals surface area contributed by atoms with Gasteiger partial charge in [0.1, 0.15) is 11.5 Å². The minimum atomic E-state index is -1.36. The molecule has 42 heavy (non-hydrogen) atoms. The Morgan fingerprint density at radius 1 is 0.738 bits per heavy atom. The predicted octanol–water partition coefficient (Wildman–Crippen LogP) is 9.25. The lowest BCUT2D eigenvalue weighted by Crippen LogP contribution is -2.33. The molecule has 0 aliphatic heterocycles. The van der Waals surface area contributed by atoms with E-state index in [1.807, 2.05) is 71.9 Å². The summed E-state index contributed by atoms with van der Waals surface area (Å²) < 4.78 is 25.8. The fourth-order valence-electron chi connectivity index (χ4n) is 3.23. The minimum absolute atomic E-state index is 0.222. The van der Waals surface area contributed by atoms with Gasteiger partial charge in [-0.25, -0.2) is 4.67 Å². The van der Waals surface area contributed by atoms with Gasteiger partial charge < -0.3 is 18.5 Å². The van der Waals surface area contributed by atoms with Crippen molar-refractivity contribution >= 4 is 20.5 Å². The Morgan fingerprint density at radius 3 is 1.29 bits per heavy atom. The van der Waals surface area contributed by atoms with Crippen LogP contribution in [-0.4, -0.2) is 28.7 Å². The molecular formula is C34H52NO6P. The molecule has 2 aromatic rings. The van der Waals surface area contributed by atoms with Gasteiger partial charge in [0.05, 0.1) is 24.0 Å². The number of carbonyl (C=O) groups excluding carboxylic acids is 2. The third-order valence-electron chi connectivity index (χ3n) is 5.71. The molecule has 0 saturated heterocycles. The normalized spacial score (nSPS) is 11.9. The summed E-state index contributed by atoms with van der Waals surface area (Å²) in [5, 5.41) is 0. The van der Waals surface area contributed by atoms with Gasteiger partial charge in [-0.2, -0.15) is 0 Å². The second-order valence-electron chi connectivity index (χ2n) is 12.6. The van der Waals surface area contributed by atoms with Gasteiger partial charge in [0.25, 0.3) is 8.53 Å². The lowest BCUT2D eigenvalue weighted by Gasteiger charge is -2.35. The smallest absolute Gasteiger partial charge is 0.316 e. The monoisotopic (exact) mass is 601 g/mol. The number of rotatable bonds is 12. The van der Waals surface area contributed by atoms with E-state index in [0.29, 0.717) is 24.7 Å². The maximum Gasteiger partial charge on any atom is 0.316 e. The lowest BCUT2D eigenvalue weighted by molar-refractivity contribution is -0.143. The van der Waals surface area contributed by atoms with Crippen LogP contribution in [0.25, 0.3) is 0 Å². The molecule has 0 radical (unpaired) electrons. The Kier molecular flexibility index (Phi) is 15.6. The fraction of sp³-hybridized carbons (Fsp3) is 0.529. The summed E-state index contributed by atoms with van der Waals surface area (Å²) >= 11 is 0. The predicted molar refractivity (Wildman–Crippen MR) is 172 cm³/mol. The number of nitrogens with zero attached hydrogens (tertiary/aromatic N) is 1. The van der Waals surface area contributed by atoms with Crippen molar-refractivity contribution in [3.63, 3.8) is 0 Å². The molecule has 234 valence electrons. The summed E-state index contributed by atoms with van der Waals surface area (Å²) in [5.41, 5.74) is 0.773. The van der Waals surface area contributed by atoms with E-state index in [9.17, 15) is 9.59 Å². The number of ether oxygens (including phenoxy) is 2. The molecule has 0 atom stereocenters. The molecule has 2 aromatic carbocycles. The van der Waals surface area contributed by atoms with Crippen molar-refractivity contribution < 1.29 is 28.1 Å². The molecule has 0 N–H and O–H groups in total. The summed E-state index contributed by atoms with van der Waals surface area (Å²) in [5.74, 6) is 0.469. The summed E-state index contributed by atoms with van der Waals surface area (Å²) in [4.78, 5) is 24.3. The molecule has 0 unspecified atom stereocenters. The van der Waals surface area contributed by atoms with Crippen molar-refractivity contribution in [3.8, 4) is 11.5 Å². The van der Waals surface area contributed by atoms with Crippen molar-refractivity contribution in [2.75, 3.05) is 0 Å². The van der Waals surface area contributed by atoms with Crippen LogP contribution in [0.2, 0.25) is 0 Å². The molecular weight excluding hydrogens is 549 g/mol. The fourth-order valence-corrected chi connectivity index (χ4v) is 4.85. The maximum atomic E-state index is 12.1. The number of hydrogen-bond acceptors (Lipinski definition) is 7. The molecule has 0 aliphatic carbocycles. The average molecular weight is 602 g/mol. The van der Waals surface area contributed by atoms with E-state index >= 15 is 0 Å². The largest absolute Gasteiger partial charge is 0.426 e. The van der Waals surface area contributed by atoms with E-state index in [0.717, 1.165) is 17.5 Å². The highest BCUT2D eigenvalue weighted by molar-refractivity contribution is 7.44. The Labute approximate surface area is 255 Å².